The fraction of sp³-hybridized carbons (Fsp3) is 0.273. The molecule has 0 bridgehead atoms. The molecule has 0 saturated carbocycles. The Hall–Kier alpha value is -2.04. The lowest BCUT2D eigenvalue weighted by Gasteiger charge is -2.17. The zero-order valence-corrected chi connectivity index (χ0v) is 9.14. The molecule has 16 heavy (non-hydrogen) atoms. The molecule has 4 N–H and O–H groups in total. The van der Waals surface area contributed by atoms with Crippen LogP contribution >= 0.6 is 0 Å². The van der Waals surface area contributed by atoms with E-state index in [0.29, 0.717) is 18.5 Å². The highest BCUT2D eigenvalue weighted by Gasteiger charge is 2.09. The lowest BCUT2D eigenvalue weighted by Crippen LogP contribution is -2.47. The summed E-state index contributed by atoms with van der Waals surface area (Å²) >= 11 is 0. The molecular formula is C11H15N5. The number of nitrogens with one attached hydrogen (secondary N) is 2. The van der Waals surface area contributed by atoms with Crippen molar-refractivity contribution in [3.63, 3.8) is 0 Å². The van der Waals surface area contributed by atoms with Crippen molar-refractivity contribution in [1.82, 2.24) is 10.6 Å². The number of nitrogens with two attached hydrogens (primary N) is 1. The molecule has 0 amide bonds. The summed E-state index contributed by atoms with van der Waals surface area (Å²) in [5, 5.41) is 6.06. The number of benzene rings is 1. The van der Waals surface area contributed by atoms with E-state index in [2.05, 4.69) is 32.8 Å². The fourth-order valence-electron chi connectivity index (χ4n) is 1.47. The Kier molecular flexibility index (Phi) is 3.05. The van der Waals surface area contributed by atoms with Crippen molar-refractivity contribution in [2.45, 2.75) is 19.6 Å². The van der Waals surface area contributed by atoms with Gasteiger partial charge in [-0.05, 0) is 12.5 Å². The number of guanidine groups is 2. The van der Waals surface area contributed by atoms with Gasteiger partial charge in [-0.2, -0.15) is 0 Å². The summed E-state index contributed by atoms with van der Waals surface area (Å²) in [5.41, 5.74) is 6.80. The molecule has 0 saturated heterocycles. The molecule has 1 aromatic carbocycles. The average molecular weight is 217 g/mol. The van der Waals surface area contributed by atoms with E-state index in [1.165, 1.54) is 5.56 Å². The van der Waals surface area contributed by atoms with Crippen LogP contribution < -0.4 is 16.4 Å². The minimum Gasteiger partial charge on any atom is -0.370 e. The number of rotatable bonds is 2. The summed E-state index contributed by atoms with van der Waals surface area (Å²) in [4.78, 5) is 8.32. The van der Waals surface area contributed by atoms with Crippen molar-refractivity contribution in [2.75, 3.05) is 0 Å². The fourth-order valence-corrected chi connectivity index (χ4v) is 1.47. The average Bonchev–Trinajstić information content (AvgIpc) is 2.27. The Morgan fingerprint density at radius 2 is 2.06 bits per heavy atom. The maximum Gasteiger partial charge on any atom is 0.200 e. The van der Waals surface area contributed by atoms with Crippen LogP contribution in [0.25, 0.3) is 0 Å². The molecule has 0 aliphatic carbocycles. The molecule has 84 valence electrons. The summed E-state index contributed by atoms with van der Waals surface area (Å²) in [6.45, 7) is 2.60. The molecule has 1 aromatic rings. The Bertz CT molecular complexity index is 410. The van der Waals surface area contributed by atoms with Gasteiger partial charge in [0.05, 0.1) is 0 Å². The van der Waals surface area contributed by atoms with Gasteiger partial charge in [0, 0.05) is 6.54 Å². The molecule has 5 nitrogen and oxygen atoms in total. The van der Waals surface area contributed by atoms with Crippen LogP contribution in [0.3, 0.4) is 0 Å². The van der Waals surface area contributed by atoms with Crippen molar-refractivity contribution < 1.29 is 0 Å². The number of hydrogen-bond donors (Lipinski definition) is 3. The van der Waals surface area contributed by atoms with Gasteiger partial charge < -0.3 is 11.1 Å². The van der Waals surface area contributed by atoms with E-state index in [-0.39, 0.29) is 6.17 Å². The Morgan fingerprint density at radius 1 is 1.31 bits per heavy atom. The van der Waals surface area contributed by atoms with E-state index in [0.717, 1.165) is 0 Å². The first-order valence-corrected chi connectivity index (χ1v) is 5.20. The van der Waals surface area contributed by atoms with Crippen LogP contribution in [-0.2, 0) is 6.54 Å². The van der Waals surface area contributed by atoms with Crippen LogP contribution in [0.5, 0.6) is 0 Å². The molecule has 1 unspecified atom stereocenters. The smallest absolute Gasteiger partial charge is 0.200 e. The highest BCUT2D eigenvalue weighted by atomic mass is 15.3. The van der Waals surface area contributed by atoms with Gasteiger partial charge in [0.25, 0.3) is 0 Å². The first-order chi connectivity index (χ1) is 7.74. The van der Waals surface area contributed by atoms with Crippen LogP contribution in [0, 0.1) is 0 Å². The minimum atomic E-state index is -0.125. The molecular weight excluding hydrogens is 202 g/mol. The van der Waals surface area contributed by atoms with Gasteiger partial charge in [0.2, 0.25) is 5.96 Å². The van der Waals surface area contributed by atoms with Gasteiger partial charge in [-0.25, -0.2) is 9.98 Å². The van der Waals surface area contributed by atoms with Crippen LogP contribution in [-0.4, -0.2) is 18.1 Å². The van der Waals surface area contributed by atoms with Crippen LogP contribution in [0.4, 0.5) is 0 Å². The maximum atomic E-state index is 5.60. The van der Waals surface area contributed by atoms with Crippen molar-refractivity contribution in [3.8, 4) is 0 Å². The molecule has 0 spiro atoms. The first kappa shape index (κ1) is 10.5. The van der Waals surface area contributed by atoms with E-state index in [9.17, 15) is 0 Å². The molecule has 1 aliphatic rings. The monoisotopic (exact) mass is 217 g/mol. The van der Waals surface area contributed by atoms with Crippen molar-refractivity contribution >= 4 is 11.9 Å². The zero-order valence-electron chi connectivity index (χ0n) is 9.14. The summed E-state index contributed by atoms with van der Waals surface area (Å²) in [6.07, 6.45) is -0.125. The molecule has 1 atom stereocenters. The summed E-state index contributed by atoms with van der Waals surface area (Å²) in [6, 6.07) is 10.1. The third-order valence-electron chi connectivity index (χ3n) is 2.19. The molecule has 1 aliphatic heterocycles. The van der Waals surface area contributed by atoms with Gasteiger partial charge >= 0.3 is 0 Å². The number of aliphatic imine (C=N–C) groups is 2. The maximum absolute atomic E-state index is 5.60. The Morgan fingerprint density at radius 3 is 2.75 bits per heavy atom. The van der Waals surface area contributed by atoms with Crippen molar-refractivity contribution in [3.05, 3.63) is 35.9 Å². The summed E-state index contributed by atoms with van der Waals surface area (Å²) in [7, 11) is 0. The second-order valence-corrected chi connectivity index (χ2v) is 3.59. The van der Waals surface area contributed by atoms with Crippen molar-refractivity contribution in [1.29, 1.82) is 0 Å². The first-order valence-electron chi connectivity index (χ1n) is 5.20. The Labute approximate surface area is 94.5 Å². The SMILES string of the molecule is CC1N=C(N)NC(NCc2ccccc2)=N1. The summed E-state index contributed by atoms with van der Waals surface area (Å²) < 4.78 is 0. The number of hydrogen-bond acceptors (Lipinski definition) is 5. The van der Waals surface area contributed by atoms with Crippen LogP contribution in [0.1, 0.15) is 12.5 Å². The van der Waals surface area contributed by atoms with Crippen LogP contribution in [0.2, 0.25) is 0 Å². The quantitative estimate of drug-likeness (QED) is 0.671. The lowest BCUT2D eigenvalue weighted by molar-refractivity contribution is 0.739. The van der Waals surface area contributed by atoms with Gasteiger partial charge in [-0.1, -0.05) is 30.3 Å². The molecule has 5 heteroatoms. The number of nitrogens with zero attached hydrogens (tertiary/aromatic N) is 2. The summed E-state index contributed by atoms with van der Waals surface area (Å²) in [5.74, 6) is 1.07. The van der Waals surface area contributed by atoms with Gasteiger partial charge in [-0.3, -0.25) is 5.32 Å². The van der Waals surface area contributed by atoms with Crippen LogP contribution in [0.15, 0.2) is 40.3 Å². The molecule has 1 heterocycles. The van der Waals surface area contributed by atoms with E-state index < -0.39 is 0 Å². The second-order valence-electron chi connectivity index (χ2n) is 3.59. The van der Waals surface area contributed by atoms with Gasteiger partial charge in [0.1, 0.15) is 6.17 Å². The normalized spacial score (nSPS) is 19.4. The van der Waals surface area contributed by atoms with E-state index in [4.69, 9.17) is 5.73 Å². The van der Waals surface area contributed by atoms with E-state index in [1.807, 2.05) is 25.1 Å². The molecule has 0 fully saturated rings. The lowest BCUT2D eigenvalue weighted by atomic mass is 10.2. The highest BCUT2D eigenvalue weighted by molar-refractivity contribution is 5.99. The molecule has 0 aromatic heterocycles. The predicted molar refractivity (Wildman–Crippen MR) is 64.9 cm³/mol. The van der Waals surface area contributed by atoms with Crippen molar-refractivity contribution in [2.24, 2.45) is 15.7 Å². The van der Waals surface area contributed by atoms with Gasteiger partial charge in [0.15, 0.2) is 5.96 Å². The Balaban J connectivity index is 1.92. The zero-order chi connectivity index (χ0) is 11.4. The largest absolute Gasteiger partial charge is 0.370 e. The van der Waals surface area contributed by atoms with E-state index >= 15 is 0 Å². The molecule has 0 radical (unpaired) electrons. The van der Waals surface area contributed by atoms with Gasteiger partial charge in [-0.15, -0.1) is 0 Å². The topological polar surface area (TPSA) is 74.8 Å². The predicted octanol–water partition coefficient (Wildman–Crippen LogP) is 0.396. The molecule has 2 rings (SSSR count). The third-order valence-corrected chi connectivity index (χ3v) is 2.19. The van der Waals surface area contributed by atoms with E-state index in [1.54, 1.807) is 0 Å². The third kappa shape index (κ3) is 2.73. The second kappa shape index (κ2) is 4.65. The highest BCUT2D eigenvalue weighted by Crippen LogP contribution is 1.99. The minimum absolute atomic E-state index is 0.125. The standard InChI is InChI=1S/C11H15N5/c1-8-14-10(12)16-11(15-8)13-7-9-5-3-2-4-6-9/h2-6,8H,7H2,1H3,(H4,12,13,14,15,16).